The van der Waals surface area contributed by atoms with Crippen LogP contribution in [0.15, 0.2) is 92.5 Å². The van der Waals surface area contributed by atoms with Crippen LogP contribution in [-0.4, -0.2) is 46.7 Å². The molecule has 1 aliphatic heterocycles. The van der Waals surface area contributed by atoms with Crippen LogP contribution in [0.2, 0.25) is 0 Å². The maximum absolute atomic E-state index is 13.0. The number of benzene rings is 2. The molecule has 0 saturated heterocycles. The quantitative estimate of drug-likeness (QED) is 0.210. The number of aromatic nitrogens is 2. The minimum Gasteiger partial charge on any atom is -0.858 e. The summed E-state index contributed by atoms with van der Waals surface area (Å²) in [7, 11) is 2.88. The fourth-order valence-electron chi connectivity index (χ4n) is 3.78. The summed E-state index contributed by atoms with van der Waals surface area (Å²) in [4.78, 5) is 56.6. The fourth-order valence-corrected chi connectivity index (χ4v) is 3.78. The topological polar surface area (TPSA) is 166 Å². The number of amides is 3. The maximum atomic E-state index is 13.0. The summed E-state index contributed by atoms with van der Waals surface area (Å²) in [6.07, 6.45) is 5.31. The van der Waals surface area contributed by atoms with Gasteiger partial charge in [-0.1, -0.05) is 29.9 Å². The van der Waals surface area contributed by atoms with Crippen molar-refractivity contribution in [3.63, 3.8) is 0 Å². The first-order valence-corrected chi connectivity index (χ1v) is 11.7. The Bertz CT molecular complexity index is 1750. The molecule has 204 valence electrons. The Labute approximate surface area is 255 Å². The van der Waals surface area contributed by atoms with E-state index in [1.807, 2.05) is 0 Å². The predicted octanol–water partition coefficient (Wildman–Crippen LogP) is -0.936. The maximum Gasteiger partial charge on any atom is 1.00 e. The number of aromatic amines is 1. The van der Waals surface area contributed by atoms with Crippen LogP contribution in [-0.2, 0) is 4.79 Å². The summed E-state index contributed by atoms with van der Waals surface area (Å²) < 4.78 is 11.2. The number of anilines is 1. The van der Waals surface area contributed by atoms with Crippen molar-refractivity contribution in [1.29, 1.82) is 0 Å². The third kappa shape index (κ3) is 6.57. The fraction of sp³-hybridized carbons (Fsp3) is 0.107. The minimum absolute atomic E-state index is 0. The molecule has 0 bridgehead atoms. The molecule has 0 aliphatic carbocycles. The number of H-pyrrole nitrogens is 1. The number of hydrogen-bond acceptors (Lipinski definition) is 8. The molecule has 4 rings (SSSR count). The number of nitrogens with zero attached hydrogens (tertiary/aromatic N) is 3. The molecule has 1 aliphatic rings. The third-order valence-electron chi connectivity index (χ3n) is 5.82. The van der Waals surface area contributed by atoms with Gasteiger partial charge in [0.25, 0.3) is 11.5 Å². The van der Waals surface area contributed by atoms with Crippen molar-refractivity contribution < 1.29 is 58.8 Å². The molecule has 0 saturated carbocycles. The van der Waals surface area contributed by atoms with Gasteiger partial charge in [-0.15, -0.1) is 0 Å². The second-order valence-corrected chi connectivity index (χ2v) is 8.40. The zero-order valence-corrected chi connectivity index (χ0v) is 24.6. The number of imide groups is 1. The normalized spacial score (nSPS) is 14.7. The molecule has 2 N–H and O–H groups in total. The summed E-state index contributed by atoms with van der Waals surface area (Å²) >= 11 is 0. The smallest absolute Gasteiger partial charge is 0.858 e. The number of carbonyl (C=O) groups is 2. The van der Waals surface area contributed by atoms with Crippen molar-refractivity contribution in [3.8, 4) is 23.1 Å². The number of aromatic hydroxyl groups is 1. The van der Waals surface area contributed by atoms with Crippen molar-refractivity contribution in [3.05, 3.63) is 104 Å². The Morgan fingerprint density at radius 3 is 2.24 bits per heavy atom. The summed E-state index contributed by atoms with van der Waals surface area (Å²) in [6, 6.07) is 11.5. The van der Waals surface area contributed by atoms with Gasteiger partial charge in [0.2, 0.25) is 5.88 Å². The van der Waals surface area contributed by atoms with Gasteiger partial charge < -0.3 is 19.7 Å². The van der Waals surface area contributed by atoms with E-state index in [4.69, 9.17) is 9.47 Å². The molecule has 2 aromatic carbocycles. The molecule has 12 nitrogen and oxygen atoms in total. The second-order valence-electron chi connectivity index (χ2n) is 8.40. The van der Waals surface area contributed by atoms with E-state index in [0.717, 1.165) is 9.47 Å². The summed E-state index contributed by atoms with van der Waals surface area (Å²) in [5.41, 5.74) is -1.35. The average Bonchev–Trinajstić information content (AvgIpc) is 2.92. The van der Waals surface area contributed by atoms with E-state index in [9.17, 15) is 29.4 Å². The Hall–Kier alpha value is -4.65. The molecular weight excluding hydrogens is 543 g/mol. The summed E-state index contributed by atoms with van der Waals surface area (Å²) in [6.45, 7) is 1.61. The second kappa shape index (κ2) is 13.1. The van der Waals surface area contributed by atoms with E-state index < -0.39 is 35.0 Å². The van der Waals surface area contributed by atoms with E-state index in [-0.39, 0.29) is 52.1 Å². The van der Waals surface area contributed by atoms with Gasteiger partial charge in [0.1, 0.15) is 17.1 Å². The SMILES string of the molecule is COc1cccc(N2C(=O)N=C([O-])C(=CC=C(C)C=Cc3c(O)n(-c4cccc(OC)c4)c(=O)[nH]c3=O)C2=O)c1.[Na+]. The minimum atomic E-state index is -1.03. The van der Waals surface area contributed by atoms with Crippen molar-refractivity contribution in [2.24, 2.45) is 4.99 Å². The van der Waals surface area contributed by atoms with Crippen molar-refractivity contribution in [2.45, 2.75) is 6.92 Å². The third-order valence-corrected chi connectivity index (χ3v) is 5.82. The van der Waals surface area contributed by atoms with Crippen molar-refractivity contribution >= 4 is 29.6 Å². The summed E-state index contributed by atoms with van der Waals surface area (Å²) in [5, 5.41) is 23.1. The predicted molar refractivity (Wildman–Crippen MR) is 145 cm³/mol. The molecule has 1 aromatic heterocycles. The summed E-state index contributed by atoms with van der Waals surface area (Å²) in [5.74, 6) is -1.64. The van der Waals surface area contributed by atoms with E-state index in [0.29, 0.717) is 17.1 Å². The van der Waals surface area contributed by atoms with Crippen LogP contribution in [0.4, 0.5) is 10.5 Å². The largest absolute Gasteiger partial charge is 1.00 e. The standard InChI is InChI=1S/C28H24N4O8.Na/c1-16(10-12-21-23(33)29-27(37)31(25(21)35)17-6-4-8-19(14-17)39-2)11-13-22-24(34)30-28(38)32(26(22)36)18-7-5-9-20(15-18)40-3;/h4-15,35H,1-3H3,(H,29,33,37)(H,30,34,38);/q;+1/p-1. The zero-order valence-electron chi connectivity index (χ0n) is 22.6. The molecular formula is C28H23N4NaO8. The first-order valence-electron chi connectivity index (χ1n) is 11.7. The number of methoxy groups -OCH3 is 2. The Balaban J connectivity index is 0.00000462. The van der Waals surface area contributed by atoms with Crippen LogP contribution in [0.5, 0.6) is 17.4 Å². The Morgan fingerprint density at radius 1 is 1.00 bits per heavy atom. The molecule has 41 heavy (non-hydrogen) atoms. The number of urea groups is 1. The van der Waals surface area contributed by atoms with E-state index >= 15 is 0 Å². The molecule has 13 heteroatoms. The van der Waals surface area contributed by atoms with Gasteiger partial charge in [0.05, 0.1) is 31.2 Å². The number of carbonyl (C=O) groups excluding carboxylic acids is 2. The number of rotatable bonds is 7. The molecule has 3 aromatic rings. The van der Waals surface area contributed by atoms with E-state index in [1.54, 1.807) is 37.3 Å². The number of ether oxygens (including phenoxy) is 2. The number of allylic oxidation sites excluding steroid dienone is 4. The van der Waals surface area contributed by atoms with Crippen LogP contribution >= 0.6 is 0 Å². The molecule has 0 radical (unpaired) electrons. The van der Waals surface area contributed by atoms with E-state index in [1.165, 1.54) is 56.7 Å². The average molecular weight is 567 g/mol. The number of hydrogen-bond donors (Lipinski definition) is 2. The molecule has 2 heterocycles. The molecule has 0 fully saturated rings. The van der Waals surface area contributed by atoms with Crippen LogP contribution < -0.4 is 60.3 Å². The van der Waals surface area contributed by atoms with E-state index in [2.05, 4.69) is 9.98 Å². The van der Waals surface area contributed by atoms with Gasteiger partial charge in [0, 0.05) is 18.0 Å². The molecule has 3 amide bonds. The van der Waals surface area contributed by atoms with Gasteiger partial charge in [-0.25, -0.2) is 24.0 Å². The number of nitrogens with one attached hydrogen (secondary N) is 1. The molecule has 0 spiro atoms. The first-order chi connectivity index (χ1) is 19.1. The molecule has 0 atom stereocenters. The van der Waals surface area contributed by atoms with Crippen LogP contribution in [0.1, 0.15) is 12.5 Å². The first kappa shape index (κ1) is 30.9. The van der Waals surface area contributed by atoms with Crippen LogP contribution in [0.3, 0.4) is 0 Å². The van der Waals surface area contributed by atoms with Gasteiger partial charge in [-0.05, 0) is 43.3 Å². The van der Waals surface area contributed by atoms with Crippen LogP contribution in [0.25, 0.3) is 11.8 Å². The number of aliphatic imine (C=N–C) groups is 1. The van der Waals surface area contributed by atoms with Crippen molar-refractivity contribution in [2.75, 3.05) is 19.1 Å². The van der Waals surface area contributed by atoms with Gasteiger partial charge in [-0.3, -0.25) is 14.6 Å². The van der Waals surface area contributed by atoms with Crippen molar-refractivity contribution in [1.82, 2.24) is 9.55 Å². The van der Waals surface area contributed by atoms with Gasteiger partial charge in [0.15, 0.2) is 0 Å². The van der Waals surface area contributed by atoms with Gasteiger partial charge >= 0.3 is 41.3 Å². The Kier molecular flexibility index (Phi) is 9.90. The van der Waals surface area contributed by atoms with Crippen LogP contribution in [0, 0.1) is 0 Å². The monoisotopic (exact) mass is 566 g/mol. The Morgan fingerprint density at radius 2 is 1.61 bits per heavy atom. The molecule has 0 unspecified atom stereocenters. The van der Waals surface area contributed by atoms with Gasteiger partial charge in [-0.2, -0.15) is 0 Å². The zero-order chi connectivity index (χ0) is 29.0.